The number of benzene rings is 1. The minimum Gasteiger partial charge on any atom is -0.481 e. The SMILES string of the molecule is COc1c2ccc(C(=O)N3CCN(c4cc(=O)n(C)c(=O)[nH]4)CC3)cc2nn1C. The standard InChI is InChI=1S/C19H22N6O4/c1-22-16(26)11-15(20-19(22)28)24-6-8-25(9-7-24)17(27)12-4-5-13-14(10-12)21-23(2)18(13)29-3/h4-5,10-11H,6-9H2,1-3H3,(H,20,28). The molecule has 10 nitrogen and oxygen atoms in total. The van der Waals surface area contributed by atoms with Gasteiger partial charge >= 0.3 is 5.69 Å². The number of fused-ring (bicyclic) bond motifs is 1. The van der Waals surface area contributed by atoms with Crippen LogP contribution in [0.5, 0.6) is 5.88 Å². The lowest BCUT2D eigenvalue weighted by atomic mass is 10.1. The zero-order valence-corrected chi connectivity index (χ0v) is 16.5. The number of ether oxygens (including phenoxy) is 1. The van der Waals surface area contributed by atoms with Crippen molar-refractivity contribution >= 4 is 22.6 Å². The van der Waals surface area contributed by atoms with E-state index in [0.29, 0.717) is 49.0 Å². The average molecular weight is 398 g/mol. The number of nitrogens with zero attached hydrogens (tertiary/aromatic N) is 5. The van der Waals surface area contributed by atoms with E-state index in [9.17, 15) is 14.4 Å². The predicted molar refractivity (Wildman–Crippen MR) is 108 cm³/mol. The van der Waals surface area contributed by atoms with Gasteiger partial charge in [-0.15, -0.1) is 0 Å². The van der Waals surface area contributed by atoms with Gasteiger partial charge in [0.1, 0.15) is 5.82 Å². The number of H-pyrrole nitrogens is 1. The van der Waals surface area contributed by atoms with Crippen LogP contribution in [0.25, 0.3) is 10.9 Å². The molecule has 1 aliphatic rings. The molecule has 0 atom stereocenters. The first-order chi connectivity index (χ1) is 13.9. The molecule has 1 N–H and O–H groups in total. The molecule has 1 amide bonds. The van der Waals surface area contributed by atoms with Crippen molar-refractivity contribution < 1.29 is 9.53 Å². The van der Waals surface area contributed by atoms with Gasteiger partial charge in [-0.3, -0.25) is 19.1 Å². The second kappa shape index (κ2) is 7.12. The molecule has 1 aromatic carbocycles. The van der Waals surface area contributed by atoms with Gasteiger partial charge in [-0.05, 0) is 18.2 Å². The van der Waals surface area contributed by atoms with Crippen LogP contribution in [0.15, 0.2) is 33.9 Å². The third kappa shape index (κ3) is 3.26. The van der Waals surface area contributed by atoms with Gasteiger partial charge in [0.25, 0.3) is 11.5 Å². The molecule has 0 radical (unpaired) electrons. The van der Waals surface area contributed by atoms with Gasteiger partial charge < -0.3 is 14.5 Å². The predicted octanol–water partition coefficient (Wildman–Crippen LogP) is -0.0687. The number of aromatic nitrogens is 4. The van der Waals surface area contributed by atoms with E-state index in [1.165, 1.54) is 13.1 Å². The molecule has 0 saturated carbocycles. The molecule has 1 saturated heterocycles. The second-order valence-corrected chi connectivity index (χ2v) is 7.00. The Labute approximate surface area is 165 Å². The van der Waals surface area contributed by atoms with E-state index >= 15 is 0 Å². The summed E-state index contributed by atoms with van der Waals surface area (Å²) in [6.07, 6.45) is 0. The number of carbonyl (C=O) groups is 1. The smallest absolute Gasteiger partial charge is 0.329 e. The van der Waals surface area contributed by atoms with Gasteiger partial charge in [-0.1, -0.05) is 0 Å². The summed E-state index contributed by atoms with van der Waals surface area (Å²) in [6.45, 7) is 2.02. The van der Waals surface area contributed by atoms with Crippen LogP contribution in [0.4, 0.5) is 5.82 Å². The average Bonchev–Trinajstić information content (AvgIpc) is 3.05. The highest BCUT2D eigenvalue weighted by molar-refractivity contribution is 5.98. The minimum absolute atomic E-state index is 0.0753. The van der Waals surface area contributed by atoms with Crippen molar-refractivity contribution in [3.8, 4) is 5.88 Å². The highest BCUT2D eigenvalue weighted by Crippen LogP contribution is 2.26. The van der Waals surface area contributed by atoms with Crippen molar-refractivity contribution in [2.75, 3.05) is 38.2 Å². The van der Waals surface area contributed by atoms with Crippen molar-refractivity contribution in [1.29, 1.82) is 0 Å². The summed E-state index contributed by atoms with van der Waals surface area (Å²) in [4.78, 5) is 43.0. The maximum atomic E-state index is 12.9. The van der Waals surface area contributed by atoms with Gasteiger partial charge in [0.2, 0.25) is 5.88 Å². The quantitative estimate of drug-likeness (QED) is 0.662. The van der Waals surface area contributed by atoms with Crippen molar-refractivity contribution in [3.63, 3.8) is 0 Å². The number of amides is 1. The molecule has 1 aliphatic heterocycles. The van der Waals surface area contributed by atoms with Crippen LogP contribution in [0.3, 0.4) is 0 Å². The molecule has 3 aromatic rings. The van der Waals surface area contributed by atoms with Crippen LogP contribution in [0.2, 0.25) is 0 Å². The topological polar surface area (TPSA) is 105 Å². The van der Waals surface area contributed by atoms with E-state index in [4.69, 9.17) is 4.74 Å². The van der Waals surface area contributed by atoms with Gasteiger partial charge in [0.05, 0.1) is 18.0 Å². The lowest BCUT2D eigenvalue weighted by molar-refractivity contribution is 0.0746. The zero-order valence-electron chi connectivity index (χ0n) is 16.5. The molecule has 0 unspecified atom stereocenters. The van der Waals surface area contributed by atoms with Crippen molar-refractivity contribution in [2.24, 2.45) is 14.1 Å². The molecular formula is C19H22N6O4. The maximum Gasteiger partial charge on any atom is 0.329 e. The summed E-state index contributed by atoms with van der Waals surface area (Å²) in [5.41, 5.74) is 0.451. The van der Waals surface area contributed by atoms with Crippen LogP contribution in [-0.4, -0.2) is 63.4 Å². The first-order valence-electron chi connectivity index (χ1n) is 9.24. The van der Waals surface area contributed by atoms with Crippen LogP contribution < -0.4 is 20.9 Å². The number of methoxy groups -OCH3 is 1. The summed E-state index contributed by atoms with van der Waals surface area (Å²) < 4.78 is 8.00. The molecule has 152 valence electrons. The Hall–Kier alpha value is -3.56. The highest BCUT2D eigenvalue weighted by atomic mass is 16.5. The molecule has 0 aliphatic carbocycles. The number of hydrogen-bond donors (Lipinski definition) is 1. The van der Waals surface area contributed by atoms with E-state index in [1.54, 1.807) is 35.9 Å². The fourth-order valence-electron chi connectivity index (χ4n) is 3.60. The Bertz CT molecular complexity index is 1170. The van der Waals surface area contributed by atoms with E-state index in [-0.39, 0.29) is 11.5 Å². The molecule has 10 heteroatoms. The van der Waals surface area contributed by atoms with E-state index in [2.05, 4.69) is 10.1 Å². The second-order valence-electron chi connectivity index (χ2n) is 7.00. The number of aromatic amines is 1. The van der Waals surface area contributed by atoms with Crippen LogP contribution in [0.1, 0.15) is 10.4 Å². The Morgan fingerprint density at radius 1 is 1.10 bits per heavy atom. The Morgan fingerprint density at radius 2 is 1.83 bits per heavy atom. The molecule has 3 heterocycles. The summed E-state index contributed by atoms with van der Waals surface area (Å²) >= 11 is 0. The monoisotopic (exact) mass is 398 g/mol. The third-order valence-corrected chi connectivity index (χ3v) is 5.26. The fourth-order valence-corrected chi connectivity index (χ4v) is 3.60. The Balaban J connectivity index is 1.50. The van der Waals surface area contributed by atoms with Gasteiger partial charge in [0.15, 0.2) is 0 Å². The molecule has 4 rings (SSSR count). The van der Waals surface area contributed by atoms with Gasteiger partial charge in [0, 0.05) is 51.9 Å². The van der Waals surface area contributed by atoms with Gasteiger partial charge in [-0.25, -0.2) is 9.48 Å². The van der Waals surface area contributed by atoms with Crippen molar-refractivity contribution in [1.82, 2.24) is 24.2 Å². The maximum absolute atomic E-state index is 12.9. The molecule has 0 spiro atoms. The molecule has 2 aromatic heterocycles. The number of piperazine rings is 1. The molecular weight excluding hydrogens is 376 g/mol. The number of carbonyl (C=O) groups excluding carboxylic acids is 1. The largest absolute Gasteiger partial charge is 0.481 e. The molecule has 0 bridgehead atoms. The van der Waals surface area contributed by atoms with Crippen LogP contribution >= 0.6 is 0 Å². The van der Waals surface area contributed by atoms with E-state index < -0.39 is 5.69 Å². The molecule has 29 heavy (non-hydrogen) atoms. The number of anilines is 1. The Kier molecular flexibility index (Phi) is 4.61. The fraction of sp³-hybridized carbons (Fsp3) is 0.368. The van der Waals surface area contributed by atoms with Crippen molar-refractivity contribution in [2.45, 2.75) is 0 Å². The minimum atomic E-state index is -0.454. The first-order valence-corrected chi connectivity index (χ1v) is 9.24. The number of aryl methyl sites for hydroxylation is 1. The number of nitrogens with one attached hydrogen (secondary N) is 1. The van der Waals surface area contributed by atoms with Crippen LogP contribution in [-0.2, 0) is 14.1 Å². The number of rotatable bonds is 3. The van der Waals surface area contributed by atoms with Gasteiger partial charge in [-0.2, -0.15) is 5.10 Å². The number of hydrogen-bond acceptors (Lipinski definition) is 6. The van der Waals surface area contributed by atoms with E-state index in [0.717, 1.165) is 9.95 Å². The highest BCUT2D eigenvalue weighted by Gasteiger charge is 2.24. The third-order valence-electron chi connectivity index (χ3n) is 5.26. The summed E-state index contributed by atoms with van der Waals surface area (Å²) in [5.74, 6) is 1.05. The summed E-state index contributed by atoms with van der Waals surface area (Å²) in [6, 6.07) is 6.79. The van der Waals surface area contributed by atoms with Crippen LogP contribution in [0, 0.1) is 0 Å². The summed E-state index contributed by atoms with van der Waals surface area (Å²) in [5, 5.41) is 5.25. The molecule has 1 fully saturated rings. The lowest BCUT2D eigenvalue weighted by Gasteiger charge is -2.35. The van der Waals surface area contributed by atoms with E-state index in [1.807, 2.05) is 11.0 Å². The van der Waals surface area contributed by atoms with Crippen molar-refractivity contribution in [3.05, 3.63) is 50.7 Å². The normalized spacial score (nSPS) is 14.4. The lowest BCUT2D eigenvalue weighted by Crippen LogP contribution is -2.50. The first kappa shape index (κ1) is 18.8. The summed E-state index contributed by atoms with van der Waals surface area (Å²) in [7, 11) is 4.81. The zero-order chi connectivity index (χ0) is 20.7. The Morgan fingerprint density at radius 3 is 2.48 bits per heavy atom.